The molecule has 99 valence electrons. The summed E-state index contributed by atoms with van der Waals surface area (Å²) in [5, 5.41) is 11.1. The molecule has 4 nitrogen and oxygen atoms in total. The fraction of sp³-hybridized carbons (Fsp3) is 0.571. The van der Waals surface area contributed by atoms with Crippen LogP contribution in [0.25, 0.3) is 0 Å². The summed E-state index contributed by atoms with van der Waals surface area (Å²) in [6.07, 6.45) is 0. The number of rotatable bonds is 6. The maximum absolute atomic E-state index is 11.1. The van der Waals surface area contributed by atoms with Gasteiger partial charge in [-0.3, -0.25) is 10.1 Å². The summed E-state index contributed by atoms with van der Waals surface area (Å²) < 4.78 is 0. The fourth-order valence-corrected chi connectivity index (χ4v) is 1.98. The molecule has 0 saturated heterocycles. The third-order valence-corrected chi connectivity index (χ3v) is 2.53. The van der Waals surface area contributed by atoms with Crippen molar-refractivity contribution in [1.29, 1.82) is 0 Å². The molecule has 1 rings (SSSR count). The Morgan fingerprint density at radius 2 is 1.83 bits per heavy atom. The molecule has 0 aliphatic carbocycles. The van der Waals surface area contributed by atoms with Crippen LogP contribution in [0.4, 0.5) is 11.4 Å². The van der Waals surface area contributed by atoms with Crippen LogP contribution in [0.15, 0.2) is 18.2 Å². The molecule has 0 aliphatic rings. The summed E-state index contributed by atoms with van der Waals surface area (Å²) in [7, 11) is 0. The van der Waals surface area contributed by atoms with Gasteiger partial charge in [-0.05, 0) is 24.0 Å². The lowest BCUT2D eigenvalue weighted by molar-refractivity contribution is -0.384. The van der Waals surface area contributed by atoms with E-state index in [0.717, 1.165) is 13.1 Å². The SMILES string of the molecule is CC(C)CN(CC(C)C)c1cc[c]cc1[N+](=O)[O-]. The van der Waals surface area contributed by atoms with Crippen LogP contribution in [0.1, 0.15) is 27.7 Å². The highest BCUT2D eigenvalue weighted by Gasteiger charge is 2.20. The third kappa shape index (κ3) is 4.02. The second kappa shape index (κ2) is 6.38. The quantitative estimate of drug-likeness (QED) is 0.572. The Kier molecular flexibility index (Phi) is 5.13. The number of hydrogen-bond acceptors (Lipinski definition) is 3. The predicted molar refractivity (Wildman–Crippen MR) is 73.8 cm³/mol. The number of anilines is 1. The topological polar surface area (TPSA) is 46.4 Å². The monoisotopic (exact) mass is 249 g/mol. The summed E-state index contributed by atoms with van der Waals surface area (Å²) in [4.78, 5) is 12.8. The number of nitro groups is 1. The molecule has 0 atom stereocenters. The van der Waals surface area contributed by atoms with E-state index in [1.54, 1.807) is 12.1 Å². The molecule has 1 radical (unpaired) electrons. The van der Waals surface area contributed by atoms with Crippen LogP contribution in [-0.4, -0.2) is 18.0 Å². The largest absolute Gasteiger partial charge is 0.365 e. The van der Waals surface area contributed by atoms with Crippen molar-refractivity contribution in [3.8, 4) is 0 Å². The van der Waals surface area contributed by atoms with E-state index in [0.29, 0.717) is 17.5 Å². The van der Waals surface area contributed by atoms with E-state index >= 15 is 0 Å². The average Bonchev–Trinajstić information content (AvgIpc) is 2.26. The maximum Gasteiger partial charge on any atom is 0.293 e. The second-order valence-corrected chi connectivity index (χ2v) is 5.36. The Labute approximate surface area is 109 Å². The molecule has 0 fully saturated rings. The van der Waals surface area contributed by atoms with E-state index in [-0.39, 0.29) is 10.6 Å². The molecule has 1 aromatic rings. The van der Waals surface area contributed by atoms with Gasteiger partial charge in [0, 0.05) is 19.2 Å². The zero-order valence-corrected chi connectivity index (χ0v) is 11.5. The van der Waals surface area contributed by atoms with Crippen molar-refractivity contribution in [2.75, 3.05) is 18.0 Å². The molecule has 0 amide bonds. The fourth-order valence-electron chi connectivity index (χ4n) is 1.98. The zero-order chi connectivity index (χ0) is 13.7. The van der Waals surface area contributed by atoms with Crippen LogP contribution >= 0.6 is 0 Å². The smallest absolute Gasteiger partial charge is 0.293 e. The molecule has 0 spiro atoms. The zero-order valence-electron chi connectivity index (χ0n) is 11.5. The van der Waals surface area contributed by atoms with Gasteiger partial charge in [0.1, 0.15) is 5.69 Å². The molecule has 0 N–H and O–H groups in total. The summed E-state index contributed by atoms with van der Waals surface area (Å²) in [6, 6.07) is 7.74. The van der Waals surface area contributed by atoms with Gasteiger partial charge in [0.25, 0.3) is 5.69 Å². The highest BCUT2D eigenvalue weighted by Crippen LogP contribution is 2.28. The minimum Gasteiger partial charge on any atom is -0.365 e. The van der Waals surface area contributed by atoms with Crippen molar-refractivity contribution in [2.45, 2.75) is 27.7 Å². The van der Waals surface area contributed by atoms with Crippen LogP contribution in [-0.2, 0) is 0 Å². The van der Waals surface area contributed by atoms with Gasteiger partial charge in [0.05, 0.1) is 4.92 Å². The van der Waals surface area contributed by atoms with E-state index in [9.17, 15) is 10.1 Å². The van der Waals surface area contributed by atoms with Gasteiger partial charge in [0.15, 0.2) is 0 Å². The van der Waals surface area contributed by atoms with Crippen molar-refractivity contribution < 1.29 is 4.92 Å². The van der Waals surface area contributed by atoms with Gasteiger partial charge >= 0.3 is 0 Å². The Bertz CT molecular complexity index is 393. The third-order valence-electron chi connectivity index (χ3n) is 2.53. The normalized spacial score (nSPS) is 11.0. The first-order valence-electron chi connectivity index (χ1n) is 6.31. The molecular formula is C14H21N2O2. The average molecular weight is 249 g/mol. The number of nitrogens with zero attached hydrogens (tertiary/aromatic N) is 2. The van der Waals surface area contributed by atoms with E-state index in [1.807, 2.05) is 0 Å². The van der Waals surface area contributed by atoms with Crippen LogP contribution in [0.5, 0.6) is 0 Å². The summed E-state index contributed by atoms with van der Waals surface area (Å²) in [5.74, 6) is 0.931. The minimum absolute atomic E-state index is 0.138. The van der Waals surface area contributed by atoms with Gasteiger partial charge in [-0.15, -0.1) is 0 Å². The lowest BCUT2D eigenvalue weighted by Gasteiger charge is -2.28. The molecule has 0 bridgehead atoms. The van der Waals surface area contributed by atoms with E-state index in [1.165, 1.54) is 6.07 Å². The molecule has 18 heavy (non-hydrogen) atoms. The lowest BCUT2D eigenvalue weighted by atomic mass is 10.1. The van der Waals surface area contributed by atoms with Gasteiger partial charge in [0.2, 0.25) is 0 Å². The molecule has 0 saturated carbocycles. The lowest BCUT2D eigenvalue weighted by Crippen LogP contribution is -2.31. The van der Waals surface area contributed by atoms with Gasteiger partial charge < -0.3 is 4.90 Å². The number of benzene rings is 1. The van der Waals surface area contributed by atoms with Gasteiger partial charge in [-0.2, -0.15) is 0 Å². The van der Waals surface area contributed by atoms with Crippen molar-refractivity contribution in [3.05, 3.63) is 34.4 Å². The van der Waals surface area contributed by atoms with Crippen LogP contribution in [0.2, 0.25) is 0 Å². The summed E-state index contributed by atoms with van der Waals surface area (Å²) >= 11 is 0. The molecular weight excluding hydrogens is 228 g/mol. The molecule has 0 aromatic heterocycles. The van der Waals surface area contributed by atoms with Crippen molar-refractivity contribution in [3.63, 3.8) is 0 Å². The molecule has 1 aromatic carbocycles. The van der Waals surface area contributed by atoms with Crippen LogP contribution in [0.3, 0.4) is 0 Å². The standard InChI is InChI=1S/C14H21N2O2/c1-11(2)9-15(10-12(3)4)13-7-5-6-8-14(13)16(17)18/h5,7-8,11-12H,9-10H2,1-4H3. The first kappa shape index (κ1) is 14.5. The second-order valence-electron chi connectivity index (χ2n) is 5.36. The first-order valence-corrected chi connectivity index (χ1v) is 6.31. The van der Waals surface area contributed by atoms with E-state index in [4.69, 9.17) is 0 Å². The highest BCUT2D eigenvalue weighted by molar-refractivity contribution is 5.62. The summed E-state index contributed by atoms with van der Waals surface area (Å²) in [5.41, 5.74) is 0.833. The van der Waals surface area contributed by atoms with Crippen molar-refractivity contribution in [1.82, 2.24) is 0 Å². The molecule has 4 heteroatoms. The Balaban J connectivity index is 3.07. The minimum atomic E-state index is -0.334. The van der Waals surface area contributed by atoms with Gasteiger partial charge in [-0.1, -0.05) is 33.8 Å². The highest BCUT2D eigenvalue weighted by atomic mass is 16.6. The van der Waals surface area contributed by atoms with E-state index < -0.39 is 0 Å². The van der Waals surface area contributed by atoms with Crippen LogP contribution in [0, 0.1) is 28.0 Å². The van der Waals surface area contributed by atoms with Crippen LogP contribution < -0.4 is 4.90 Å². The number of nitro benzene ring substituents is 1. The number of hydrogen-bond donors (Lipinski definition) is 0. The van der Waals surface area contributed by atoms with E-state index in [2.05, 4.69) is 38.7 Å². The summed E-state index contributed by atoms with van der Waals surface area (Å²) in [6.45, 7) is 10.1. The van der Waals surface area contributed by atoms with Crippen molar-refractivity contribution in [2.24, 2.45) is 11.8 Å². The Morgan fingerprint density at radius 3 is 2.28 bits per heavy atom. The van der Waals surface area contributed by atoms with Crippen molar-refractivity contribution >= 4 is 11.4 Å². The molecule has 0 heterocycles. The molecule has 0 aliphatic heterocycles. The van der Waals surface area contributed by atoms with Gasteiger partial charge in [-0.25, -0.2) is 0 Å². The Morgan fingerprint density at radius 1 is 1.28 bits per heavy atom. The molecule has 0 unspecified atom stereocenters. The maximum atomic E-state index is 11.1. The Hall–Kier alpha value is -1.58. The predicted octanol–water partition coefficient (Wildman–Crippen LogP) is 3.51. The first-order chi connectivity index (χ1) is 8.41.